The fourth-order valence-electron chi connectivity index (χ4n) is 5.00. The number of fused-ring (bicyclic) bond motifs is 3. The number of benzene rings is 4. The Morgan fingerprint density at radius 1 is 0.556 bits per heavy atom. The molecule has 0 fully saturated rings. The molecule has 4 heteroatoms. The number of nitrogens with one attached hydrogen (secondary N) is 1. The molecule has 170 valence electrons. The lowest BCUT2D eigenvalue weighted by molar-refractivity contribution is 1.07. The summed E-state index contributed by atoms with van der Waals surface area (Å²) in [5, 5.41) is 2.35. The van der Waals surface area contributed by atoms with Crippen LogP contribution in [-0.2, 0) is 0 Å². The van der Waals surface area contributed by atoms with Gasteiger partial charge in [0.1, 0.15) is 5.82 Å². The molecular weight excluding hydrogens is 440 g/mol. The van der Waals surface area contributed by atoms with E-state index in [1.54, 1.807) is 0 Å². The van der Waals surface area contributed by atoms with Crippen molar-refractivity contribution < 1.29 is 0 Å². The Hall–Kier alpha value is -4.96. The summed E-state index contributed by atoms with van der Waals surface area (Å²) in [7, 11) is 0. The number of hydrogen-bond donors (Lipinski definition) is 1. The van der Waals surface area contributed by atoms with Gasteiger partial charge in [-0.2, -0.15) is 0 Å². The van der Waals surface area contributed by atoms with Crippen molar-refractivity contribution in [1.82, 2.24) is 19.5 Å². The second kappa shape index (κ2) is 8.36. The fourth-order valence-corrected chi connectivity index (χ4v) is 5.00. The van der Waals surface area contributed by atoms with Gasteiger partial charge in [-0.05, 0) is 30.3 Å². The third-order valence-electron chi connectivity index (χ3n) is 6.68. The Morgan fingerprint density at radius 3 is 1.97 bits per heavy atom. The van der Waals surface area contributed by atoms with E-state index in [0.717, 1.165) is 50.6 Å². The Bertz CT molecular complexity index is 1830. The van der Waals surface area contributed by atoms with Crippen molar-refractivity contribution in [3.05, 3.63) is 128 Å². The van der Waals surface area contributed by atoms with Crippen LogP contribution in [0.15, 0.2) is 128 Å². The van der Waals surface area contributed by atoms with Gasteiger partial charge in [0, 0.05) is 45.5 Å². The maximum atomic E-state index is 5.02. The number of nitrogens with zero attached hydrogens (tertiary/aromatic N) is 3. The first-order valence-corrected chi connectivity index (χ1v) is 12.0. The van der Waals surface area contributed by atoms with Crippen molar-refractivity contribution in [2.24, 2.45) is 0 Å². The molecule has 4 nitrogen and oxygen atoms in total. The quantitative estimate of drug-likeness (QED) is 0.289. The summed E-state index contributed by atoms with van der Waals surface area (Å²) in [6.07, 6.45) is 3.87. The molecule has 7 aromatic rings. The summed E-state index contributed by atoms with van der Waals surface area (Å²) in [6.45, 7) is 0. The Kier molecular flexibility index (Phi) is 4.74. The molecule has 1 N–H and O–H groups in total. The predicted molar refractivity (Wildman–Crippen MR) is 147 cm³/mol. The number of pyridine rings is 1. The van der Waals surface area contributed by atoms with Crippen LogP contribution < -0.4 is 0 Å². The number of rotatable bonds is 4. The van der Waals surface area contributed by atoms with E-state index in [9.17, 15) is 0 Å². The summed E-state index contributed by atoms with van der Waals surface area (Å²) in [5.74, 6) is 0.907. The second-order valence-corrected chi connectivity index (χ2v) is 8.81. The predicted octanol–water partition coefficient (Wildman–Crippen LogP) is 7.90. The van der Waals surface area contributed by atoms with E-state index in [4.69, 9.17) is 9.97 Å². The highest BCUT2D eigenvalue weighted by Gasteiger charge is 2.16. The lowest BCUT2D eigenvalue weighted by Crippen LogP contribution is -1.96. The highest BCUT2D eigenvalue weighted by molar-refractivity contribution is 6.14. The molecule has 0 radical (unpaired) electrons. The molecule has 0 aliphatic carbocycles. The van der Waals surface area contributed by atoms with Crippen molar-refractivity contribution in [3.8, 4) is 39.6 Å². The van der Waals surface area contributed by atoms with Gasteiger partial charge in [0.15, 0.2) is 0 Å². The largest absolute Gasteiger partial charge is 0.353 e. The molecule has 0 saturated carbocycles. The van der Waals surface area contributed by atoms with Crippen molar-refractivity contribution in [3.63, 3.8) is 0 Å². The zero-order valence-corrected chi connectivity index (χ0v) is 19.5. The number of aromatic amines is 1. The smallest absolute Gasteiger partial charge is 0.146 e. The zero-order valence-electron chi connectivity index (χ0n) is 19.5. The van der Waals surface area contributed by atoms with Crippen molar-refractivity contribution in [2.45, 2.75) is 0 Å². The number of aromatic nitrogens is 4. The number of H-pyrrole nitrogens is 1. The van der Waals surface area contributed by atoms with Crippen LogP contribution in [-0.4, -0.2) is 19.5 Å². The summed E-state index contributed by atoms with van der Waals surface area (Å²) in [5.41, 5.74) is 8.40. The van der Waals surface area contributed by atoms with Crippen LogP contribution in [0.5, 0.6) is 0 Å². The van der Waals surface area contributed by atoms with E-state index in [-0.39, 0.29) is 0 Å². The first-order chi connectivity index (χ1) is 17.9. The lowest BCUT2D eigenvalue weighted by Gasteiger charge is -2.08. The Labute approximate surface area is 208 Å². The van der Waals surface area contributed by atoms with Crippen LogP contribution in [0.2, 0.25) is 0 Å². The van der Waals surface area contributed by atoms with Crippen molar-refractivity contribution in [1.29, 1.82) is 0 Å². The van der Waals surface area contributed by atoms with Gasteiger partial charge in [-0.15, -0.1) is 0 Å². The third-order valence-corrected chi connectivity index (χ3v) is 6.68. The van der Waals surface area contributed by atoms with E-state index in [1.165, 1.54) is 10.8 Å². The molecule has 36 heavy (non-hydrogen) atoms. The van der Waals surface area contributed by atoms with Gasteiger partial charge >= 0.3 is 0 Å². The molecule has 3 heterocycles. The minimum absolute atomic E-state index is 0.907. The molecule has 0 saturated heterocycles. The lowest BCUT2D eigenvalue weighted by atomic mass is 10.0. The van der Waals surface area contributed by atoms with E-state index in [0.29, 0.717) is 0 Å². The van der Waals surface area contributed by atoms with E-state index >= 15 is 0 Å². The first-order valence-electron chi connectivity index (χ1n) is 12.0. The average Bonchev–Trinajstić information content (AvgIpc) is 3.59. The second-order valence-electron chi connectivity index (χ2n) is 8.81. The van der Waals surface area contributed by atoms with Gasteiger partial charge in [0.25, 0.3) is 0 Å². The molecule has 0 unspecified atom stereocenters. The molecule has 7 rings (SSSR count). The fraction of sp³-hybridized carbons (Fsp3) is 0. The van der Waals surface area contributed by atoms with Crippen LogP contribution in [0.25, 0.3) is 61.4 Å². The van der Waals surface area contributed by atoms with Crippen molar-refractivity contribution in [2.75, 3.05) is 0 Å². The minimum Gasteiger partial charge on any atom is -0.353 e. The minimum atomic E-state index is 0.907. The normalized spacial score (nSPS) is 11.3. The monoisotopic (exact) mass is 462 g/mol. The zero-order chi connectivity index (χ0) is 23.9. The highest BCUT2D eigenvalue weighted by Crippen LogP contribution is 2.37. The highest BCUT2D eigenvalue weighted by atomic mass is 15.1. The van der Waals surface area contributed by atoms with Gasteiger partial charge in [0.05, 0.1) is 22.4 Å². The summed E-state index contributed by atoms with van der Waals surface area (Å²) >= 11 is 0. The van der Waals surface area contributed by atoms with Gasteiger partial charge in [-0.1, -0.05) is 84.9 Å². The summed E-state index contributed by atoms with van der Waals surface area (Å²) in [6, 6.07) is 39.7. The molecule has 0 bridgehead atoms. The summed E-state index contributed by atoms with van der Waals surface area (Å²) in [4.78, 5) is 13.5. The first kappa shape index (κ1) is 20.4. The van der Waals surface area contributed by atoms with Crippen molar-refractivity contribution >= 4 is 21.8 Å². The van der Waals surface area contributed by atoms with Gasteiger partial charge in [-0.3, -0.25) is 4.57 Å². The maximum Gasteiger partial charge on any atom is 0.146 e. The Balaban J connectivity index is 1.42. The number of imidazole rings is 1. The molecular formula is C32H22N4. The molecule has 0 atom stereocenters. The Morgan fingerprint density at radius 2 is 1.19 bits per heavy atom. The van der Waals surface area contributed by atoms with Crippen LogP contribution in [0, 0.1) is 0 Å². The third kappa shape index (κ3) is 3.31. The summed E-state index contributed by atoms with van der Waals surface area (Å²) < 4.78 is 2.13. The molecule has 0 aliphatic rings. The SMILES string of the molecule is c1ccc(-c2cccc(-c3cccc4c3[nH]c3c(-c5nccn5-c5ccccc5)cccc34)n2)cc1. The topological polar surface area (TPSA) is 46.5 Å². The molecule has 4 aromatic carbocycles. The van der Waals surface area contributed by atoms with Gasteiger partial charge < -0.3 is 4.98 Å². The van der Waals surface area contributed by atoms with Crippen LogP contribution in [0.3, 0.4) is 0 Å². The van der Waals surface area contributed by atoms with Gasteiger partial charge in [0.2, 0.25) is 0 Å². The molecule has 0 spiro atoms. The standard InChI is InChI=1S/C32H22N4/c1-3-10-22(11-4-1)28-18-9-19-29(34-28)26-16-7-14-24-25-15-8-17-27(31(25)35-30(24)26)32-33-20-21-36(32)23-12-5-2-6-13-23/h1-21,35H. The maximum absolute atomic E-state index is 5.02. The van der Waals surface area contributed by atoms with E-state index in [1.807, 2.05) is 48.8 Å². The van der Waals surface area contributed by atoms with Crippen LogP contribution in [0.4, 0.5) is 0 Å². The van der Waals surface area contributed by atoms with E-state index in [2.05, 4.69) is 88.4 Å². The molecule has 0 amide bonds. The molecule has 3 aromatic heterocycles. The number of hydrogen-bond acceptors (Lipinski definition) is 2. The van der Waals surface area contributed by atoms with Gasteiger partial charge in [-0.25, -0.2) is 9.97 Å². The van der Waals surface area contributed by atoms with Crippen LogP contribution in [0.1, 0.15) is 0 Å². The average molecular weight is 463 g/mol. The number of para-hydroxylation sites is 3. The van der Waals surface area contributed by atoms with E-state index < -0.39 is 0 Å². The molecule has 0 aliphatic heterocycles. The van der Waals surface area contributed by atoms with Crippen LogP contribution >= 0.6 is 0 Å².